The van der Waals surface area contributed by atoms with Crippen LogP contribution in [0.2, 0.25) is 0 Å². The van der Waals surface area contributed by atoms with Gasteiger partial charge in [-0.25, -0.2) is 0 Å². The van der Waals surface area contributed by atoms with E-state index >= 15 is 0 Å². The Morgan fingerprint density at radius 1 is 1.00 bits per heavy atom. The molecular weight excluding hydrogens is 208 g/mol. The normalized spacial score (nSPS) is 12.2. The van der Waals surface area contributed by atoms with Gasteiger partial charge < -0.3 is 13.9 Å². The van der Waals surface area contributed by atoms with Gasteiger partial charge in [-0.15, -0.1) is 0 Å². The van der Waals surface area contributed by atoms with Crippen LogP contribution < -0.4 is 0 Å². The average molecular weight is 234 g/mol. The predicted octanol–water partition coefficient (Wildman–Crippen LogP) is 1.63. The van der Waals surface area contributed by atoms with Crippen molar-refractivity contribution >= 4 is 10.5 Å². The van der Waals surface area contributed by atoms with Crippen LogP contribution in [0.1, 0.15) is 45.4 Å². The van der Waals surface area contributed by atoms with Crippen molar-refractivity contribution in [1.29, 1.82) is 0 Å². The maximum atomic E-state index is 5.52. The van der Waals surface area contributed by atoms with Gasteiger partial charge in [0.2, 0.25) is 0 Å². The van der Waals surface area contributed by atoms with Crippen LogP contribution in [0.3, 0.4) is 0 Å². The molecular formula is C11H26O3Si. The monoisotopic (exact) mass is 234 g/mol. The fraction of sp³-hybridized carbons (Fsp3) is 1.00. The molecule has 0 aromatic heterocycles. The van der Waals surface area contributed by atoms with E-state index in [4.69, 9.17) is 13.9 Å². The first-order chi connectivity index (χ1) is 7.24. The molecule has 0 aliphatic heterocycles. The van der Waals surface area contributed by atoms with E-state index in [1.165, 1.54) is 6.42 Å². The Balaban J connectivity index is 3.88. The number of hydrogen-bond donors (Lipinski definition) is 0. The lowest BCUT2D eigenvalue weighted by molar-refractivity contribution is -0.216. The van der Waals surface area contributed by atoms with Crippen molar-refractivity contribution in [3.8, 4) is 0 Å². The second kappa shape index (κ2) is 9.33. The quantitative estimate of drug-likeness (QED) is 0.327. The van der Waals surface area contributed by atoms with Crippen LogP contribution in [-0.4, -0.2) is 37.1 Å². The summed E-state index contributed by atoms with van der Waals surface area (Å²) in [6.07, 6.45) is 6.48. The number of hydrogen-bond acceptors (Lipinski definition) is 3. The molecule has 0 saturated heterocycles. The van der Waals surface area contributed by atoms with Crippen LogP contribution >= 0.6 is 0 Å². The van der Waals surface area contributed by atoms with Crippen LogP contribution in [0.25, 0.3) is 0 Å². The summed E-state index contributed by atoms with van der Waals surface area (Å²) >= 11 is 0. The van der Waals surface area contributed by atoms with E-state index < -0.39 is 0 Å². The third-order valence-corrected chi connectivity index (χ3v) is 3.22. The van der Waals surface area contributed by atoms with Crippen LogP contribution in [0.5, 0.6) is 0 Å². The number of ether oxygens (including phenoxy) is 2. The van der Waals surface area contributed by atoms with Crippen LogP contribution in [0.15, 0.2) is 0 Å². The molecule has 3 nitrogen and oxygen atoms in total. The minimum Gasteiger partial charge on any atom is -0.428 e. The second-order valence-electron chi connectivity index (χ2n) is 3.87. The topological polar surface area (TPSA) is 27.7 Å². The lowest BCUT2D eigenvalue weighted by atomic mass is 10.0. The molecule has 15 heavy (non-hydrogen) atoms. The van der Waals surface area contributed by atoms with Crippen molar-refractivity contribution < 1.29 is 13.9 Å². The lowest BCUT2D eigenvalue weighted by Gasteiger charge is -2.31. The summed E-state index contributed by atoms with van der Waals surface area (Å²) in [6.45, 7) is 3.06. The van der Waals surface area contributed by atoms with Crippen molar-refractivity contribution in [1.82, 2.24) is 0 Å². The van der Waals surface area contributed by atoms with E-state index in [-0.39, 0.29) is 5.79 Å². The van der Waals surface area contributed by atoms with Gasteiger partial charge in [-0.05, 0) is 19.3 Å². The minimum absolute atomic E-state index is 0.360. The largest absolute Gasteiger partial charge is 0.428 e. The molecule has 0 radical (unpaired) electrons. The highest BCUT2D eigenvalue weighted by molar-refractivity contribution is 5.97. The molecule has 0 unspecified atom stereocenters. The molecule has 0 aliphatic carbocycles. The molecule has 0 aliphatic rings. The average Bonchev–Trinajstić information content (AvgIpc) is 2.29. The Morgan fingerprint density at radius 3 is 2.07 bits per heavy atom. The van der Waals surface area contributed by atoms with E-state index in [9.17, 15) is 0 Å². The maximum Gasteiger partial charge on any atom is 0.167 e. The summed E-state index contributed by atoms with van der Waals surface area (Å²) in [5, 5.41) is 0. The van der Waals surface area contributed by atoms with Gasteiger partial charge in [-0.1, -0.05) is 13.3 Å². The third kappa shape index (κ3) is 6.30. The summed E-state index contributed by atoms with van der Waals surface area (Å²) in [5.41, 5.74) is 0. The number of methoxy groups -OCH3 is 2. The molecule has 0 aromatic rings. The summed E-state index contributed by atoms with van der Waals surface area (Å²) in [4.78, 5) is 0. The van der Waals surface area contributed by atoms with E-state index in [0.29, 0.717) is 0 Å². The predicted molar refractivity (Wildman–Crippen MR) is 66.0 cm³/mol. The second-order valence-corrected chi connectivity index (χ2v) is 4.45. The fourth-order valence-electron chi connectivity index (χ4n) is 1.70. The molecule has 0 spiro atoms. The summed E-state index contributed by atoms with van der Waals surface area (Å²) < 4.78 is 16.2. The number of rotatable bonds is 10. The first-order valence-electron chi connectivity index (χ1n) is 5.84. The summed E-state index contributed by atoms with van der Waals surface area (Å²) in [7, 11) is 4.31. The highest BCUT2D eigenvalue weighted by atomic mass is 28.2. The Morgan fingerprint density at radius 2 is 1.60 bits per heavy atom. The molecule has 0 rings (SSSR count). The maximum absolute atomic E-state index is 5.52. The summed E-state index contributed by atoms with van der Waals surface area (Å²) in [6, 6.07) is 0. The third-order valence-electron chi connectivity index (χ3n) is 2.81. The van der Waals surface area contributed by atoms with E-state index in [1.54, 1.807) is 14.2 Å². The summed E-state index contributed by atoms with van der Waals surface area (Å²) in [5.74, 6) is -0.360. The molecule has 0 bridgehead atoms. The molecule has 0 saturated carbocycles. The zero-order valence-electron chi connectivity index (χ0n) is 10.7. The van der Waals surface area contributed by atoms with Crippen molar-refractivity contribution in [2.24, 2.45) is 0 Å². The van der Waals surface area contributed by atoms with Crippen LogP contribution in [0.4, 0.5) is 0 Å². The first kappa shape index (κ1) is 15.1. The smallest absolute Gasteiger partial charge is 0.167 e. The Hall–Kier alpha value is 0.0969. The van der Waals surface area contributed by atoms with Gasteiger partial charge in [0.15, 0.2) is 5.79 Å². The number of unbranched alkanes of at least 4 members (excludes halogenated alkanes) is 2. The molecule has 0 atom stereocenters. The highest BCUT2D eigenvalue weighted by Gasteiger charge is 2.27. The molecule has 92 valence electrons. The van der Waals surface area contributed by atoms with E-state index in [2.05, 4.69) is 6.92 Å². The first-order valence-corrected chi connectivity index (χ1v) is 6.65. The molecule has 0 N–H and O–H groups in total. The van der Waals surface area contributed by atoms with Gasteiger partial charge in [-0.2, -0.15) is 0 Å². The highest BCUT2D eigenvalue weighted by Crippen LogP contribution is 2.25. The standard InChI is InChI=1S/C11H26O3Si/c1-4-5-8-11(12-2,13-3)9-6-7-10-14-15/h4-10H2,1-3,15H3. The molecule has 0 amide bonds. The van der Waals surface area contributed by atoms with Gasteiger partial charge in [0.25, 0.3) is 0 Å². The minimum atomic E-state index is -0.360. The van der Waals surface area contributed by atoms with E-state index in [0.717, 1.165) is 49.2 Å². The molecule has 0 heterocycles. The van der Waals surface area contributed by atoms with Crippen molar-refractivity contribution in [2.75, 3.05) is 20.8 Å². The van der Waals surface area contributed by atoms with Crippen molar-refractivity contribution in [3.63, 3.8) is 0 Å². The van der Waals surface area contributed by atoms with Gasteiger partial charge >= 0.3 is 0 Å². The zero-order valence-corrected chi connectivity index (χ0v) is 12.7. The Kier molecular flexibility index (Phi) is 9.39. The SMILES string of the molecule is CCCCC(CCCCO[SiH3])(OC)OC. The van der Waals surface area contributed by atoms with Gasteiger partial charge in [0.1, 0.15) is 10.5 Å². The Labute approximate surface area is 97.0 Å². The fourth-order valence-corrected chi connectivity index (χ4v) is 1.99. The van der Waals surface area contributed by atoms with Crippen molar-refractivity contribution in [2.45, 2.75) is 51.2 Å². The lowest BCUT2D eigenvalue weighted by Crippen LogP contribution is -2.33. The van der Waals surface area contributed by atoms with Crippen LogP contribution in [0, 0.1) is 0 Å². The zero-order chi connectivity index (χ0) is 11.6. The Bertz CT molecular complexity index is 138. The molecule has 0 fully saturated rings. The molecule has 4 heteroatoms. The van der Waals surface area contributed by atoms with Crippen LogP contribution in [-0.2, 0) is 13.9 Å². The van der Waals surface area contributed by atoms with Gasteiger partial charge in [0, 0.05) is 33.7 Å². The van der Waals surface area contributed by atoms with Gasteiger partial charge in [0.05, 0.1) is 0 Å². The van der Waals surface area contributed by atoms with Crippen molar-refractivity contribution in [3.05, 3.63) is 0 Å². The molecule has 0 aromatic carbocycles. The van der Waals surface area contributed by atoms with E-state index in [1.807, 2.05) is 0 Å². The van der Waals surface area contributed by atoms with Gasteiger partial charge in [-0.3, -0.25) is 0 Å².